The fraction of sp³-hybridized carbons (Fsp3) is 0.556. The SMILES string of the molecule is CC(C#N)NS(=O)(=O)c1cnn(C(C)C)c1. The first-order valence-corrected chi connectivity index (χ1v) is 6.31. The van der Waals surface area contributed by atoms with Gasteiger partial charge in [-0.25, -0.2) is 8.42 Å². The Morgan fingerprint density at radius 1 is 1.50 bits per heavy atom. The van der Waals surface area contributed by atoms with Crippen molar-refractivity contribution in [3.63, 3.8) is 0 Å². The van der Waals surface area contributed by atoms with Crippen molar-refractivity contribution < 1.29 is 8.42 Å². The predicted molar refractivity (Wildman–Crippen MR) is 58.0 cm³/mol. The zero-order valence-electron chi connectivity index (χ0n) is 9.38. The average Bonchev–Trinajstić information content (AvgIpc) is 2.66. The van der Waals surface area contributed by atoms with Crippen LogP contribution < -0.4 is 4.72 Å². The van der Waals surface area contributed by atoms with Crippen LogP contribution in [-0.4, -0.2) is 24.2 Å². The molecular formula is C9H14N4O2S. The third-order valence-electron chi connectivity index (χ3n) is 1.94. The maximum atomic E-state index is 11.7. The number of rotatable bonds is 4. The van der Waals surface area contributed by atoms with Crippen LogP contribution in [-0.2, 0) is 10.0 Å². The van der Waals surface area contributed by atoms with E-state index in [-0.39, 0.29) is 10.9 Å². The van der Waals surface area contributed by atoms with Crippen molar-refractivity contribution >= 4 is 10.0 Å². The van der Waals surface area contributed by atoms with Gasteiger partial charge in [0.05, 0.1) is 12.3 Å². The molecule has 1 heterocycles. The second-order valence-corrected chi connectivity index (χ2v) is 5.44. The number of nitrogens with one attached hydrogen (secondary N) is 1. The minimum atomic E-state index is -3.64. The van der Waals surface area contributed by atoms with Crippen LogP contribution in [0.4, 0.5) is 0 Å². The Kier molecular flexibility index (Phi) is 3.67. The Bertz CT molecular complexity index is 498. The Labute approximate surface area is 94.9 Å². The van der Waals surface area contributed by atoms with Crippen LogP contribution in [0.5, 0.6) is 0 Å². The van der Waals surface area contributed by atoms with Crippen molar-refractivity contribution in [1.29, 1.82) is 5.26 Å². The van der Waals surface area contributed by atoms with E-state index in [2.05, 4.69) is 9.82 Å². The number of hydrogen-bond acceptors (Lipinski definition) is 4. The standard InChI is InChI=1S/C9H14N4O2S/c1-7(2)13-6-9(5-11-13)16(14,15)12-8(3)4-10/h5-8,12H,1-3H3. The van der Waals surface area contributed by atoms with Gasteiger partial charge < -0.3 is 0 Å². The molecule has 1 atom stereocenters. The third kappa shape index (κ3) is 2.81. The number of nitrogens with zero attached hydrogens (tertiary/aromatic N) is 3. The molecule has 1 unspecified atom stereocenters. The molecule has 0 fully saturated rings. The molecule has 1 aromatic heterocycles. The van der Waals surface area contributed by atoms with Crippen molar-refractivity contribution in [1.82, 2.24) is 14.5 Å². The Hall–Kier alpha value is -1.39. The molecule has 88 valence electrons. The minimum absolute atomic E-state index is 0.0725. The highest BCUT2D eigenvalue weighted by Gasteiger charge is 2.19. The summed E-state index contributed by atoms with van der Waals surface area (Å²) < 4.78 is 27.2. The van der Waals surface area contributed by atoms with Gasteiger partial charge in [-0.05, 0) is 20.8 Å². The molecule has 0 aliphatic carbocycles. The molecule has 1 N–H and O–H groups in total. The van der Waals surface area contributed by atoms with Crippen molar-refractivity contribution in [2.75, 3.05) is 0 Å². The highest BCUT2D eigenvalue weighted by molar-refractivity contribution is 7.89. The van der Waals surface area contributed by atoms with Gasteiger partial charge in [0.15, 0.2) is 0 Å². The summed E-state index contributed by atoms with van der Waals surface area (Å²) in [7, 11) is -3.64. The smallest absolute Gasteiger partial charge is 0.244 e. The zero-order chi connectivity index (χ0) is 12.3. The lowest BCUT2D eigenvalue weighted by molar-refractivity contribution is 0.531. The second kappa shape index (κ2) is 4.63. The molecule has 0 saturated carbocycles. The van der Waals surface area contributed by atoms with Crippen LogP contribution in [0.3, 0.4) is 0 Å². The van der Waals surface area contributed by atoms with E-state index in [1.165, 1.54) is 19.3 Å². The van der Waals surface area contributed by atoms with Crippen LogP contribution in [0.15, 0.2) is 17.3 Å². The molecule has 6 nitrogen and oxygen atoms in total. The Morgan fingerprint density at radius 3 is 2.56 bits per heavy atom. The topological polar surface area (TPSA) is 87.8 Å². The number of nitriles is 1. The highest BCUT2D eigenvalue weighted by atomic mass is 32.2. The van der Waals surface area contributed by atoms with Crippen molar-refractivity contribution in [2.45, 2.75) is 37.8 Å². The van der Waals surface area contributed by atoms with Crippen molar-refractivity contribution in [3.8, 4) is 6.07 Å². The molecule has 1 rings (SSSR count). The summed E-state index contributed by atoms with van der Waals surface area (Å²) in [6.45, 7) is 5.27. The van der Waals surface area contributed by atoms with Crippen LogP contribution in [0.1, 0.15) is 26.8 Å². The molecule has 7 heteroatoms. The van der Waals surface area contributed by atoms with Gasteiger partial charge >= 0.3 is 0 Å². The number of sulfonamides is 1. The van der Waals surface area contributed by atoms with Gasteiger partial charge in [-0.1, -0.05) is 0 Å². The van der Waals surface area contributed by atoms with Gasteiger partial charge in [-0.3, -0.25) is 4.68 Å². The zero-order valence-corrected chi connectivity index (χ0v) is 10.2. The van der Waals surface area contributed by atoms with E-state index in [9.17, 15) is 8.42 Å². The average molecular weight is 242 g/mol. The highest BCUT2D eigenvalue weighted by Crippen LogP contribution is 2.11. The quantitative estimate of drug-likeness (QED) is 0.839. The van der Waals surface area contributed by atoms with E-state index in [0.29, 0.717) is 0 Å². The summed E-state index contributed by atoms with van der Waals surface area (Å²) in [5.74, 6) is 0. The first kappa shape index (κ1) is 12.7. The van der Waals surface area contributed by atoms with Gasteiger partial charge in [-0.2, -0.15) is 15.1 Å². The van der Waals surface area contributed by atoms with Gasteiger partial charge in [0.25, 0.3) is 0 Å². The van der Waals surface area contributed by atoms with Crippen molar-refractivity contribution in [3.05, 3.63) is 12.4 Å². The van der Waals surface area contributed by atoms with Crippen LogP contribution in [0.25, 0.3) is 0 Å². The molecule has 0 aliphatic heterocycles. The van der Waals surface area contributed by atoms with Crippen molar-refractivity contribution in [2.24, 2.45) is 0 Å². The largest absolute Gasteiger partial charge is 0.269 e. The molecule has 1 aromatic rings. The fourth-order valence-electron chi connectivity index (χ4n) is 1.07. The Balaban J connectivity index is 2.96. The van der Waals surface area contributed by atoms with E-state index in [1.807, 2.05) is 13.8 Å². The van der Waals surface area contributed by atoms with E-state index < -0.39 is 16.1 Å². The number of hydrogen-bond donors (Lipinski definition) is 1. The number of aromatic nitrogens is 2. The maximum absolute atomic E-state index is 11.7. The van der Waals surface area contributed by atoms with E-state index in [1.54, 1.807) is 10.8 Å². The summed E-state index contributed by atoms with van der Waals surface area (Å²) >= 11 is 0. The monoisotopic (exact) mass is 242 g/mol. The van der Waals surface area contributed by atoms with Gasteiger partial charge in [0.1, 0.15) is 10.9 Å². The van der Waals surface area contributed by atoms with E-state index >= 15 is 0 Å². The Morgan fingerprint density at radius 2 is 2.12 bits per heavy atom. The minimum Gasteiger partial charge on any atom is -0.269 e. The summed E-state index contributed by atoms with van der Waals surface area (Å²) in [6.07, 6.45) is 2.71. The summed E-state index contributed by atoms with van der Waals surface area (Å²) in [5, 5.41) is 12.5. The molecule has 0 saturated heterocycles. The molecule has 0 aliphatic rings. The molecular weight excluding hydrogens is 228 g/mol. The molecule has 0 amide bonds. The lowest BCUT2D eigenvalue weighted by Crippen LogP contribution is -2.31. The normalized spacial score (nSPS) is 13.7. The lowest BCUT2D eigenvalue weighted by Gasteiger charge is -2.06. The van der Waals surface area contributed by atoms with Gasteiger partial charge in [0.2, 0.25) is 10.0 Å². The molecule has 16 heavy (non-hydrogen) atoms. The van der Waals surface area contributed by atoms with Gasteiger partial charge in [-0.15, -0.1) is 0 Å². The molecule has 0 aromatic carbocycles. The second-order valence-electron chi connectivity index (χ2n) is 3.72. The summed E-state index contributed by atoms with van der Waals surface area (Å²) in [5.41, 5.74) is 0. The van der Waals surface area contributed by atoms with Crippen LogP contribution >= 0.6 is 0 Å². The predicted octanol–water partition coefficient (Wildman–Crippen LogP) is 0.654. The van der Waals surface area contributed by atoms with Crippen LogP contribution in [0, 0.1) is 11.3 Å². The lowest BCUT2D eigenvalue weighted by atomic mass is 10.4. The van der Waals surface area contributed by atoms with Crippen LogP contribution in [0.2, 0.25) is 0 Å². The maximum Gasteiger partial charge on any atom is 0.244 e. The fourth-order valence-corrected chi connectivity index (χ4v) is 2.16. The molecule has 0 radical (unpaired) electrons. The first-order chi connectivity index (χ1) is 7.36. The third-order valence-corrected chi connectivity index (χ3v) is 3.44. The first-order valence-electron chi connectivity index (χ1n) is 4.83. The molecule has 0 bridgehead atoms. The summed E-state index contributed by atoms with van der Waals surface area (Å²) in [4.78, 5) is 0.0725. The van der Waals surface area contributed by atoms with E-state index in [0.717, 1.165) is 0 Å². The summed E-state index contributed by atoms with van der Waals surface area (Å²) in [6, 6.07) is 1.14. The van der Waals surface area contributed by atoms with E-state index in [4.69, 9.17) is 5.26 Å². The van der Waals surface area contributed by atoms with Gasteiger partial charge in [0, 0.05) is 12.2 Å². The molecule has 0 spiro atoms.